The summed E-state index contributed by atoms with van der Waals surface area (Å²) in [6, 6.07) is 14.8. The molecule has 1 aliphatic heterocycles. The van der Waals surface area contributed by atoms with Crippen molar-refractivity contribution in [2.45, 2.75) is 12.5 Å². The summed E-state index contributed by atoms with van der Waals surface area (Å²) in [7, 11) is 3.17. The molecule has 1 saturated heterocycles. The normalized spacial score (nSPS) is 16.4. The number of benzene rings is 2. The third kappa shape index (κ3) is 4.39. The van der Waals surface area contributed by atoms with E-state index in [0.29, 0.717) is 35.3 Å². The van der Waals surface area contributed by atoms with Gasteiger partial charge in [-0.15, -0.1) is 11.3 Å². The summed E-state index contributed by atoms with van der Waals surface area (Å²) in [5.41, 5.74) is 2.14. The Kier molecular flexibility index (Phi) is 6.18. The smallest absolute Gasteiger partial charge is 0.273 e. The van der Waals surface area contributed by atoms with Crippen LogP contribution >= 0.6 is 11.3 Å². The van der Waals surface area contributed by atoms with E-state index in [-0.39, 0.29) is 24.3 Å². The van der Waals surface area contributed by atoms with E-state index >= 15 is 0 Å². The summed E-state index contributed by atoms with van der Waals surface area (Å²) in [4.78, 5) is 31.9. The molecule has 0 saturated carbocycles. The van der Waals surface area contributed by atoms with E-state index in [1.54, 1.807) is 24.5 Å². The lowest BCUT2D eigenvalue weighted by molar-refractivity contribution is -0.121. The standard InChI is InChI=1S/C23H23N3O4S/c1-29-19-9-8-16(12-20(19)30-2)22-25-17(14-31-22)23(28)26-11-10-24-21(27)13-18(26)15-6-4-3-5-7-15/h3-9,12,14,18H,10-11,13H2,1-2H3,(H,24,27)/t18-/m0/s1. The number of ether oxygens (including phenoxy) is 2. The molecule has 0 aliphatic carbocycles. The minimum atomic E-state index is -0.331. The molecule has 0 radical (unpaired) electrons. The zero-order valence-electron chi connectivity index (χ0n) is 17.3. The minimum Gasteiger partial charge on any atom is -0.493 e. The van der Waals surface area contributed by atoms with E-state index in [2.05, 4.69) is 10.3 Å². The van der Waals surface area contributed by atoms with E-state index in [1.165, 1.54) is 11.3 Å². The summed E-state index contributed by atoms with van der Waals surface area (Å²) in [6.07, 6.45) is 0.225. The van der Waals surface area contributed by atoms with Gasteiger partial charge in [-0.25, -0.2) is 4.98 Å². The Morgan fingerprint density at radius 1 is 1.13 bits per heavy atom. The van der Waals surface area contributed by atoms with Gasteiger partial charge in [0.2, 0.25) is 5.91 Å². The number of aromatic nitrogens is 1. The number of carbonyl (C=O) groups excluding carboxylic acids is 2. The molecule has 2 heterocycles. The van der Waals surface area contributed by atoms with Crippen LogP contribution in [-0.2, 0) is 4.79 Å². The van der Waals surface area contributed by atoms with Gasteiger partial charge in [-0.2, -0.15) is 0 Å². The van der Waals surface area contributed by atoms with Crippen molar-refractivity contribution in [1.29, 1.82) is 0 Å². The fraction of sp³-hybridized carbons (Fsp3) is 0.261. The van der Waals surface area contributed by atoms with Crippen molar-refractivity contribution in [3.05, 3.63) is 65.2 Å². The molecule has 0 spiro atoms. The Morgan fingerprint density at radius 3 is 2.65 bits per heavy atom. The zero-order chi connectivity index (χ0) is 21.8. The second-order valence-corrected chi connectivity index (χ2v) is 7.94. The highest BCUT2D eigenvalue weighted by Crippen LogP contribution is 2.34. The number of nitrogens with zero attached hydrogens (tertiary/aromatic N) is 2. The van der Waals surface area contributed by atoms with E-state index in [0.717, 1.165) is 11.1 Å². The first-order valence-electron chi connectivity index (χ1n) is 9.91. The minimum absolute atomic E-state index is 0.0616. The van der Waals surface area contributed by atoms with Crippen LogP contribution in [0.4, 0.5) is 0 Å². The summed E-state index contributed by atoms with van der Waals surface area (Å²) >= 11 is 1.39. The van der Waals surface area contributed by atoms with Crippen LogP contribution in [0.3, 0.4) is 0 Å². The number of rotatable bonds is 5. The average molecular weight is 438 g/mol. The van der Waals surface area contributed by atoms with Gasteiger partial charge >= 0.3 is 0 Å². The van der Waals surface area contributed by atoms with E-state index in [1.807, 2.05) is 48.5 Å². The highest BCUT2D eigenvalue weighted by atomic mass is 32.1. The van der Waals surface area contributed by atoms with Crippen LogP contribution in [0.15, 0.2) is 53.9 Å². The molecule has 1 fully saturated rings. The Hall–Kier alpha value is -3.39. The van der Waals surface area contributed by atoms with Crippen LogP contribution in [0, 0.1) is 0 Å². The fourth-order valence-electron chi connectivity index (χ4n) is 3.67. The summed E-state index contributed by atoms with van der Waals surface area (Å²) in [5, 5.41) is 5.33. The fourth-order valence-corrected chi connectivity index (χ4v) is 4.46. The number of carbonyl (C=O) groups is 2. The number of thiazole rings is 1. The highest BCUT2D eigenvalue weighted by molar-refractivity contribution is 7.13. The SMILES string of the molecule is COc1ccc(-c2nc(C(=O)N3CCNC(=O)C[C@H]3c3ccccc3)cs2)cc1OC. The number of hydrogen-bond acceptors (Lipinski definition) is 6. The third-order valence-corrected chi connectivity index (χ3v) is 6.12. The predicted molar refractivity (Wildman–Crippen MR) is 119 cm³/mol. The van der Waals surface area contributed by atoms with Crippen molar-refractivity contribution in [3.63, 3.8) is 0 Å². The van der Waals surface area contributed by atoms with Gasteiger partial charge in [-0.3, -0.25) is 9.59 Å². The largest absolute Gasteiger partial charge is 0.493 e. The molecule has 8 heteroatoms. The van der Waals surface area contributed by atoms with Crippen LogP contribution in [0.1, 0.15) is 28.5 Å². The lowest BCUT2D eigenvalue weighted by Gasteiger charge is -2.29. The monoisotopic (exact) mass is 437 g/mol. The Balaban J connectivity index is 1.63. The molecule has 1 N–H and O–H groups in total. The van der Waals surface area contributed by atoms with Gasteiger partial charge in [0.15, 0.2) is 11.5 Å². The molecular formula is C23H23N3O4S. The Labute approximate surface area is 184 Å². The number of methoxy groups -OCH3 is 2. The van der Waals surface area contributed by atoms with Crippen molar-refractivity contribution in [3.8, 4) is 22.1 Å². The molecule has 1 aliphatic rings. The third-order valence-electron chi connectivity index (χ3n) is 5.23. The van der Waals surface area contributed by atoms with E-state index in [4.69, 9.17) is 9.47 Å². The molecular weight excluding hydrogens is 414 g/mol. The van der Waals surface area contributed by atoms with Crippen molar-refractivity contribution in [1.82, 2.24) is 15.2 Å². The maximum atomic E-state index is 13.4. The summed E-state index contributed by atoms with van der Waals surface area (Å²) < 4.78 is 10.7. The van der Waals surface area contributed by atoms with Crippen LogP contribution in [-0.4, -0.2) is 49.0 Å². The Bertz CT molecular complexity index is 1080. The first kappa shape index (κ1) is 20.9. The lowest BCUT2D eigenvalue weighted by atomic mass is 10.0. The van der Waals surface area contributed by atoms with Crippen LogP contribution in [0.2, 0.25) is 0 Å². The molecule has 2 aromatic carbocycles. The number of amides is 2. The first-order valence-corrected chi connectivity index (χ1v) is 10.8. The summed E-state index contributed by atoms with van der Waals surface area (Å²) in [6.45, 7) is 0.841. The number of hydrogen-bond donors (Lipinski definition) is 1. The van der Waals surface area contributed by atoms with Gasteiger partial charge < -0.3 is 19.7 Å². The van der Waals surface area contributed by atoms with Gasteiger partial charge in [-0.1, -0.05) is 30.3 Å². The maximum absolute atomic E-state index is 13.4. The molecule has 0 bridgehead atoms. The summed E-state index contributed by atoms with van der Waals surface area (Å²) in [5.74, 6) is 0.984. The van der Waals surface area contributed by atoms with Crippen molar-refractivity contribution < 1.29 is 19.1 Å². The number of nitrogens with one attached hydrogen (secondary N) is 1. The molecule has 160 valence electrons. The van der Waals surface area contributed by atoms with Crippen LogP contribution in [0.5, 0.6) is 11.5 Å². The van der Waals surface area contributed by atoms with E-state index in [9.17, 15) is 9.59 Å². The lowest BCUT2D eigenvalue weighted by Crippen LogP contribution is -2.36. The molecule has 3 aromatic rings. The highest BCUT2D eigenvalue weighted by Gasteiger charge is 2.31. The van der Waals surface area contributed by atoms with Gasteiger partial charge in [0.05, 0.1) is 26.7 Å². The second-order valence-electron chi connectivity index (χ2n) is 7.09. The average Bonchev–Trinajstić information content (AvgIpc) is 3.22. The van der Waals surface area contributed by atoms with Gasteiger partial charge in [0.25, 0.3) is 5.91 Å². The first-order chi connectivity index (χ1) is 15.1. The van der Waals surface area contributed by atoms with E-state index < -0.39 is 0 Å². The van der Waals surface area contributed by atoms with Crippen LogP contribution in [0.25, 0.3) is 10.6 Å². The molecule has 1 aromatic heterocycles. The molecule has 0 unspecified atom stereocenters. The maximum Gasteiger partial charge on any atom is 0.273 e. The van der Waals surface area contributed by atoms with Gasteiger partial charge in [0, 0.05) is 24.0 Å². The quantitative estimate of drug-likeness (QED) is 0.661. The topological polar surface area (TPSA) is 80.8 Å². The molecule has 7 nitrogen and oxygen atoms in total. The second kappa shape index (κ2) is 9.18. The van der Waals surface area contributed by atoms with Gasteiger partial charge in [0.1, 0.15) is 10.7 Å². The van der Waals surface area contributed by atoms with Crippen LogP contribution < -0.4 is 14.8 Å². The van der Waals surface area contributed by atoms with Crippen molar-refractivity contribution in [2.75, 3.05) is 27.3 Å². The molecule has 2 amide bonds. The van der Waals surface area contributed by atoms with Crippen molar-refractivity contribution in [2.24, 2.45) is 0 Å². The predicted octanol–water partition coefficient (Wildman–Crippen LogP) is 3.53. The Morgan fingerprint density at radius 2 is 1.90 bits per heavy atom. The molecule has 1 atom stereocenters. The van der Waals surface area contributed by atoms with Crippen molar-refractivity contribution >= 4 is 23.2 Å². The van der Waals surface area contributed by atoms with Gasteiger partial charge in [-0.05, 0) is 23.8 Å². The molecule has 31 heavy (non-hydrogen) atoms. The zero-order valence-corrected chi connectivity index (χ0v) is 18.1. The molecule has 4 rings (SSSR count).